The number of anilines is 1. The molecule has 1 fully saturated rings. The van der Waals surface area contributed by atoms with Crippen molar-refractivity contribution in [3.05, 3.63) is 48.3 Å². The van der Waals surface area contributed by atoms with Crippen molar-refractivity contribution in [3.63, 3.8) is 0 Å². The van der Waals surface area contributed by atoms with Crippen LogP contribution in [-0.4, -0.2) is 44.9 Å². The normalized spacial score (nSPS) is 17.2. The second-order valence-corrected chi connectivity index (χ2v) is 10.7. The standard InChI is InChI=1S/C23H27FN2O5S/c1-23(2,3)31-22(28)25-18-9-7-13-26(21(18)27)19-12-11-15(14-17(19)24)16-8-5-6-10-20(16)32(4,29)30/h5-6,8,10-12,14,18H,7,9,13H2,1-4H3,(H,25,28). The van der Waals surface area contributed by atoms with Crippen molar-refractivity contribution in [2.45, 2.75) is 50.2 Å². The first-order valence-corrected chi connectivity index (χ1v) is 12.2. The van der Waals surface area contributed by atoms with E-state index in [1.165, 1.54) is 23.1 Å². The highest BCUT2D eigenvalue weighted by Crippen LogP contribution is 2.32. The molecule has 1 heterocycles. The maximum Gasteiger partial charge on any atom is 0.408 e. The first-order valence-electron chi connectivity index (χ1n) is 10.3. The monoisotopic (exact) mass is 462 g/mol. The molecule has 32 heavy (non-hydrogen) atoms. The number of halogens is 1. The second kappa shape index (κ2) is 8.90. The van der Waals surface area contributed by atoms with Gasteiger partial charge in [-0.2, -0.15) is 0 Å². The highest BCUT2D eigenvalue weighted by molar-refractivity contribution is 7.90. The first-order chi connectivity index (χ1) is 14.9. The molecule has 1 saturated heterocycles. The fourth-order valence-electron chi connectivity index (χ4n) is 3.62. The molecule has 9 heteroatoms. The average Bonchev–Trinajstić information content (AvgIpc) is 2.68. The van der Waals surface area contributed by atoms with Crippen LogP contribution in [0, 0.1) is 5.82 Å². The Hall–Kier alpha value is -2.94. The van der Waals surface area contributed by atoms with Crippen molar-refractivity contribution in [1.82, 2.24) is 5.32 Å². The van der Waals surface area contributed by atoms with Gasteiger partial charge in [0.15, 0.2) is 9.84 Å². The zero-order valence-electron chi connectivity index (χ0n) is 18.5. The number of carbonyl (C=O) groups excluding carboxylic acids is 2. The van der Waals surface area contributed by atoms with Crippen molar-refractivity contribution in [2.75, 3.05) is 17.7 Å². The lowest BCUT2D eigenvalue weighted by molar-refractivity contribution is -0.121. The number of carbonyl (C=O) groups is 2. The van der Waals surface area contributed by atoms with Crippen molar-refractivity contribution >= 4 is 27.5 Å². The number of piperidine rings is 1. The van der Waals surface area contributed by atoms with E-state index < -0.39 is 39.3 Å². The Morgan fingerprint density at radius 2 is 1.88 bits per heavy atom. The number of ether oxygens (including phenoxy) is 1. The summed E-state index contributed by atoms with van der Waals surface area (Å²) in [5, 5.41) is 2.56. The van der Waals surface area contributed by atoms with E-state index in [0.29, 0.717) is 30.5 Å². The van der Waals surface area contributed by atoms with Crippen molar-refractivity contribution in [3.8, 4) is 11.1 Å². The number of rotatable bonds is 4. The molecular formula is C23H27FN2O5S. The van der Waals surface area contributed by atoms with Crippen molar-refractivity contribution < 1.29 is 27.1 Å². The van der Waals surface area contributed by atoms with Crippen LogP contribution in [0.2, 0.25) is 0 Å². The summed E-state index contributed by atoms with van der Waals surface area (Å²) in [5.41, 5.74) is 0.146. The van der Waals surface area contributed by atoms with E-state index in [-0.39, 0.29) is 10.6 Å². The third-order valence-electron chi connectivity index (χ3n) is 4.97. The van der Waals surface area contributed by atoms with Crippen molar-refractivity contribution in [1.29, 1.82) is 0 Å². The zero-order chi connectivity index (χ0) is 23.7. The lowest BCUT2D eigenvalue weighted by Gasteiger charge is -2.33. The molecule has 0 radical (unpaired) electrons. The topological polar surface area (TPSA) is 92.8 Å². The minimum absolute atomic E-state index is 0.0753. The molecule has 1 aliphatic heterocycles. The Kier molecular flexibility index (Phi) is 6.59. The third-order valence-corrected chi connectivity index (χ3v) is 6.12. The summed E-state index contributed by atoms with van der Waals surface area (Å²) in [4.78, 5) is 26.4. The van der Waals surface area contributed by atoms with Gasteiger partial charge in [0, 0.05) is 18.4 Å². The number of amides is 2. The van der Waals surface area contributed by atoms with E-state index in [1.807, 2.05) is 0 Å². The summed E-state index contributed by atoms with van der Waals surface area (Å²) < 4.78 is 44.5. The van der Waals surface area contributed by atoms with Gasteiger partial charge in [0.1, 0.15) is 17.5 Å². The van der Waals surface area contributed by atoms with E-state index in [2.05, 4.69) is 5.32 Å². The van der Waals surface area contributed by atoms with Gasteiger partial charge in [0.2, 0.25) is 5.91 Å². The number of hydrogen-bond acceptors (Lipinski definition) is 5. The molecule has 1 unspecified atom stereocenters. The van der Waals surface area contributed by atoms with Gasteiger partial charge in [0.05, 0.1) is 10.6 Å². The summed E-state index contributed by atoms with van der Waals surface area (Å²) >= 11 is 0. The molecule has 0 saturated carbocycles. The van der Waals surface area contributed by atoms with E-state index in [4.69, 9.17) is 4.74 Å². The molecule has 2 aromatic carbocycles. The van der Waals surface area contributed by atoms with Gasteiger partial charge in [-0.25, -0.2) is 17.6 Å². The predicted octanol–water partition coefficient (Wildman–Crippen LogP) is 3.92. The van der Waals surface area contributed by atoms with E-state index in [9.17, 15) is 18.0 Å². The maximum atomic E-state index is 15.1. The number of sulfone groups is 1. The largest absolute Gasteiger partial charge is 0.444 e. The molecule has 0 aliphatic carbocycles. The Labute approximate surface area is 187 Å². The molecule has 1 N–H and O–H groups in total. The van der Waals surface area contributed by atoms with E-state index in [1.54, 1.807) is 45.0 Å². The maximum absolute atomic E-state index is 15.1. The Morgan fingerprint density at radius 1 is 1.19 bits per heavy atom. The Morgan fingerprint density at radius 3 is 2.50 bits per heavy atom. The molecule has 3 rings (SSSR count). The fourth-order valence-corrected chi connectivity index (χ4v) is 4.53. The number of nitrogens with zero attached hydrogens (tertiary/aromatic N) is 1. The SMILES string of the molecule is CC(C)(C)OC(=O)NC1CCCN(c2ccc(-c3ccccc3S(C)(=O)=O)cc2F)C1=O. The number of hydrogen-bond donors (Lipinski definition) is 1. The van der Waals surface area contributed by atoms with Crippen LogP contribution >= 0.6 is 0 Å². The van der Waals surface area contributed by atoms with Crippen LogP contribution in [0.3, 0.4) is 0 Å². The Bertz CT molecular complexity index is 1140. The molecule has 1 atom stereocenters. The van der Waals surface area contributed by atoms with Gasteiger partial charge in [-0.05, 0) is 57.4 Å². The first kappa shape index (κ1) is 23.7. The summed E-state index contributed by atoms with van der Waals surface area (Å²) in [7, 11) is -3.50. The second-order valence-electron chi connectivity index (χ2n) is 8.77. The van der Waals surface area contributed by atoms with Crippen LogP contribution in [0.5, 0.6) is 0 Å². The van der Waals surface area contributed by atoms with Crippen LogP contribution in [0.25, 0.3) is 11.1 Å². The minimum atomic E-state index is -3.50. The van der Waals surface area contributed by atoms with Crippen LogP contribution in [0.1, 0.15) is 33.6 Å². The third kappa shape index (κ3) is 5.45. The summed E-state index contributed by atoms with van der Waals surface area (Å²) in [5.74, 6) is -1.08. The number of alkyl carbamates (subject to hydrolysis) is 1. The average molecular weight is 463 g/mol. The van der Waals surface area contributed by atoms with Crippen LogP contribution in [0.15, 0.2) is 47.4 Å². The molecule has 7 nitrogen and oxygen atoms in total. The van der Waals surface area contributed by atoms with Crippen LogP contribution in [0.4, 0.5) is 14.9 Å². The van der Waals surface area contributed by atoms with Gasteiger partial charge < -0.3 is 15.0 Å². The molecule has 0 aromatic heterocycles. The van der Waals surface area contributed by atoms with Crippen LogP contribution < -0.4 is 10.2 Å². The molecule has 172 valence electrons. The quantitative estimate of drug-likeness (QED) is 0.744. The fraction of sp³-hybridized carbons (Fsp3) is 0.391. The molecule has 0 bridgehead atoms. The lowest BCUT2D eigenvalue weighted by atomic mass is 10.0. The summed E-state index contributed by atoms with van der Waals surface area (Å²) in [6.07, 6.45) is 1.40. The molecule has 1 aliphatic rings. The molecule has 2 aromatic rings. The summed E-state index contributed by atoms with van der Waals surface area (Å²) in [6, 6.07) is 9.81. The smallest absolute Gasteiger partial charge is 0.408 e. The summed E-state index contributed by atoms with van der Waals surface area (Å²) in [6.45, 7) is 5.48. The zero-order valence-corrected chi connectivity index (χ0v) is 19.3. The van der Waals surface area contributed by atoms with Crippen LogP contribution in [-0.2, 0) is 19.4 Å². The predicted molar refractivity (Wildman–Crippen MR) is 120 cm³/mol. The van der Waals surface area contributed by atoms with E-state index >= 15 is 4.39 Å². The Balaban J connectivity index is 1.85. The number of benzene rings is 2. The van der Waals surface area contributed by atoms with Gasteiger partial charge in [-0.1, -0.05) is 24.3 Å². The molecule has 0 spiro atoms. The number of nitrogens with one attached hydrogen (secondary N) is 1. The van der Waals surface area contributed by atoms with Crippen molar-refractivity contribution in [2.24, 2.45) is 0 Å². The molecular weight excluding hydrogens is 435 g/mol. The van der Waals surface area contributed by atoms with Gasteiger partial charge in [0.25, 0.3) is 0 Å². The highest BCUT2D eigenvalue weighted by atomic mass is 32.2. The van der Waals surface area contributed by atoms with Gasteiger partial charge in [-0.3, -0.25) is 4.79 Å². The van der Waals surface area contributed by atoms with Gasteiger partial charge in [-0.15, -0.1) is 0 Å². The minimum Gasteiger partial charge on any atom is -0.444 e. The highest BCUT2D eigenvalue weighted by Gasteiger charge is 2.33. The molecule has 2 amide bonds. The van der Waals surface area contributed by atoms with E-state index in [0.717, 1.165) is 6.26 Å². The lowest BCUT2D eigenvalue weighted by Crippen LogP contribution is -2.53. The van der Waals surface area contributed by atoms with Gasteiger partial charge >= 0.3 is 6.09 Å².